The van der Waals surface area contributed by atoms with Gasteiger partial charge in [0.05, 0.1) is 0 Å². The summed E-state index contributed by atoms with van der Waals surface area (Å²) in [7, 11) is 0. The van der Waals surface area contributed by atoms with Gasteiger partial charge in [0.1, 0.15) is 5.82 Å². The lowest BCUT2D eigenvalue weighted by atomic mass is 9.99. The number of nitrogens with one attached hydrogen (secondary N) is 1. The van der Waals surface area contributed by atoms with Gasteiger partial charge in [0.2, 0.25) is 0 Å². The fraction of sp³-hybridized carbons (Fsp3) is 0.455. The van der Waals surface area contributed by atoms with Crippen LogP contribution in [0.25, 0.3) is 0 Å². The van der Waals surface area contributed by atoms with Crippen molar-refractivity contribution in [2.45, 2.75) is 24.9 Å². The Morgan fingerprint density at radius 1 is 1.36 bits per heavy atom. The number of nitrogens with two attached hydrogens (primary N) is 1. The second-order valence-electron chi connectivity index (χ2n) is 3.78. The Morgan fingerprint density at radius 2 is 2.07 bits per heavy atom. The summed E-state index contributed by atoms with van der Waals surface area (Å²) in [5.41, 5.74) is 7.07. The second kappa shape index (κ2) is 4.07. The van der Waals surface area contributed by atoms with Crippen molar-refractivity contribution in [3.63, 3.8) is 0 Å². The summed E-state index contributed by atoms with van der Waals surface area (Å²) in [4.78, 5) is 0. The van der Waals surface area contributed by atoms with Crippen LogP contribution in [-0.2, 0) is 0 Å². The van der Waals surface area contributed by atoms with E-state index in [1.54, 1.807) is 12.1 Å². The van der Waals surface area contributed by atoms with E-state index < -0.39 is 0 Å². The number of benzene rings is 1. The van der Waals surface area contributed by atoms with Crippen LogP contribution in [0, 0.1) is 5.82 Å². The van der Waals surface area contributed by atoms with Gasteiger partial charge in [-0.15, -0.1) is 0 Å². The number of rotatable bonds is 2. The van der Waals surface area contributed by atoms with E-state index in [1.807, 2.05) is 0 Å². The predicted octanol–water partition coefficient (Wildman–Crippen LogP) is 1.58. The van der Waals surface area contributed by atoms with Crippen LogP contribution in [0.2, 0.25) is 0 Å². The third-order valence-electron chi connectivity index (χ3n) is 2.79. The lowest BCUT2D eigenvalue weighted by Crippen LogP contribution is -2.34. The molecule has 1 saturated heterocycles. The highest BCUT2D eigenvalue weighted by atomic mass is 19.1. The molecule has 3 N–H and O–H groups in total. The van der Waals surface area contributed by atoms with Gasteiger partial charge in [-0.2, -0.15) is 0 Å². The molecule has 0 spiro atoms. The monoisotopic (exact) mass is 194 g/mol. The molecule has 1 heterocycles. The normalized spacial score (nSPS) is 23.7. The van der Waals surface area contributed by atoms with Crippen molar-refractivity contribution in [1.82, 2.24) is 5.32 Å². The van der Waals surface area contributed by atoms with Crippen molar-refractivity contribution in [1.29, 1.82) is 0 Å². The van der Waals surface area contributed by atoms with Crippen LogP contribution in [-0.4, -0.2) is 12.6 Å². The Hall–Kier alpha value is -0.930. The molecule has 0 aromatic heterocycles. The van der Waals surface area contributed by atoms with Gasteiger partial charge >= 0.3 is 0 Å². The zero-order chi connectivity index (χ0) is 9.97. The fourth-order valence-electron chi connectivity index (χ4n) is 1.94. The Balaban J connectivity index is 2.09. The van der Waals surface area contributed by atoms with E-state index in [1.165, 1.54) is 18.6 Å². The van der Waals surface area contributed by atoms with Crippen LogP contribution in [0.4, 0.5) is 4.39 Å². The molecule has 0 bridgehead atoms. The fourth-order valence-corrected chi connectivity index (χ4v) is 1.94. The number of hydrogen-bond acceptors (Lipinski definition) is 2. The molecule has 0 amide bonds. The first-order valence-corrected chi connectivity index (χ1v) is 5.02. The molecular weight excluding hydrogens is 179 g/mol. The van der Waals surface area contributed by atoms with Gasteiger partial charge in [-0.1, -0.05) is 12.1 Å². The Bertz CT molecular complexity index is 291. The minimum Gasteiger partial charge on any atom is -0.323 e. The van der Waals surface area contributed by atoms with E-state index in [9.17, 15) is 4.39 Å². The highest BCUT2D eigenvalue weighted by molar-refractivity contribution is 5.21. The van der Waals surface area contributed by atoms with E-state index in [-0.39, 0.29) is 11.9 Å². The van der Waals surface area contributed by atoms with Gasteiger partial charge in [0.25, 0.3) is 0 Å². The summed E-state index contributed by atoms with van der Waals surface area (Å²) in [5.74, 6) is -0.208. The van der Waals surface area contributed by atoms with Gasteiger partial charge in [-0.05, 0) is 37.1 Å². The molecule has 14 heavy (non-hydrogen) atoms. The van der Waals surface area contributed by atoms with Crippen LogP contribution in [0.1, 0.15) is 24.4 Å². The maximum Gasteiger partial charge on any atom is 0.123 e. The first kappa shape index (κ1) is 9.62. The lowest BCUT2D eigenvalue weighted by molar-refractivity contribution is 0.500. The van der Waals surface area contributed by atoms with Crippen LogP contribution in [0.3, 0.4) is 0 Å². The van der Waals surface area contributed by atoms with Crippen molar-refractivity contribution in [3.05, 3.63) is 35.6 Å². The number of hydrogen-bond donors (Lipinski definition) is 2. The first-order chi connectivity index (χ1) is 6.77. The molecule has 1 fully saturated rings. The predicted molar refractivity (Wildman–Crippen MR) is 54.4 cm³/mol. The molecule has 1 aromatic rings. The smallest absolute Gasteiger partial charge is 0.123 e. The molecule has 2 atom stereocenters. The first-order valence-electron chi connectivity index (χ1n) is 5.02. The maximum absolute atomic E-state index is 12.7. The van der Waals surface area contributed by atoms with Crippen molar-refractivity contribution in [2.24, 2.45) is 5.73 Å². The third-order valence-corrected chi connectivity index (χ3v) is 2.79. The van der Waals surface area contributed by atoms with Crippen LogP contribution < -0.4 is 11.1 Å². The summed E-state index contributed by atoms with van der Waals surface area (Å²) >= 11 is 0. The van der Waals surface area contributed by atoms with E-state index in [0.29, 0.717) is 6.04 Å². The Labute approximate surface area is 83.3 Å². The molecule has 2 nitrogen and oxygen atoms in total. The van der Waals surface area contributed by atoms with E-state index in [0.717, 1.165) is 18.5 Å². The van der Waals surface area contributed by atoms with E-state index in [2.05, 4.69) is 5.32 Å². The lowest BCUT2D eigenvalue weighted by Gasteiger charge is -2.19. The molecule has 1 aliphatic heterocycles. The van der Waals surface area contributed by atoms with Crippen molar-refractivity contribution in [2.75, 3.05) is 6.54 Å². The van der Waals surface area contributed by atoms with Gasteiger partial charge in [0.15, 0.2) is 0 Å². The highest BCUT2D eigenvalue weighted by Crippen LogP contribution is 2.20. The molecule has 0 saturated carbocycles. The Morgan fingerprint density at radius 3 is 2.64 bits per heavy atom. The van der Waals surface area contributed by atoms with Crippen LogP contribution >= 0.6 is 0 Å². The van der Waals surface area contributed by atoms with E-state index >= 15 is 0 Å². The average molecular weight is 194 g/mol. The van der Waals surface area contributed by atoms with Gasteiger partial charge in [-0.25, -0.2) is 4.39 Å². The van der Waals surface area contributed by atoms with Gasteiger partial charge in [0, 0.05) is 12.1 Å². The maximum atomic E-state index is 12.7. The second-order valence-corrected chi connectivity index (χ2v) is 3.78. The Kier molecular flexibility index (Phi) is 2.79. The SMILES string of the molecule is NC(c1ccc(F)cc1)C1CCCN1. The van der Waals surface area contributed by atoms with Crippen LogP contribution in [0.15, 0.2) is 24.3 Å². The molecule has 76 valence electrons. The largest absolute Gasteiger partial charge is 0.323 e. The van der Waals surface area contributed by atoms with Gasteiger partial charge in [-0.3, -0.25) is 0 Å². The zero-order valence-corrected chi connectivity index (χ0v) is 8.04. The molecule has 0 radical (unpaired) electrons. The topological polar surface area (TPSA) is 38.0 Å². The molecule has 2 rings (SSSR count). The van der Waals surface area contributed by atoms with Crippen molar-refractivity contribution < 1.29 is 4.39 Å². The number of halogens is 1. The summed E-state index contributed by atoms with van der Waals surface area (Å²) in [5, 5.41) is 3.35. The van der Waals surface area contributed by atoms with Crippen molar-refractivity contribution >= 4 is 0 Å². The third kappa shape index (κ3) is 1.94. The molecule has 2 unspecified atom stereocenters. The summed E-state index contributed by atoms with van der Waals surface area (Å²) < 4.78 is 12.7. The molecule has 1 aromatic carbocycles. The van der Waals surface area contributed by atoms with Gasteiger partial charge < -0.3 is 11.1 Å². The minimum absolute atomic E-state index is 0.0156. The average Bonchev–Trinajstić information content (AvgIpc) is 2.71. The minimum atomic E-state index is -0.208. The van der Waals surface area contributed by atoms with E-state index in [4.69, 9.17) is 5.73 Å². The summed E-state index contributed by atoms with van der Waals surface area (Å²) in [6.07, 6.45) is 2.29. The van der Waals surface area contributed by atoms with Crippen molar-refractivity contribution in [3.8, 4) is 0 Å². The standard InChI is InChI=1S/C11H15FN2/c12-9-5-3-8(4-6-9)11(13)10-2-1-7-14-10/h3-6,10-11,14H,1-2,7,13H2. The summed E-state index contributed by atoms with van der Waals surface area (Å²) in [6, 6.07) is 6.78. The summed E-state index contributed by atoms with van der Waals surface area (Å²) in [6.45, 7) is 1.04. The molecule has 0 aliphatic carbocycles. The molecule has 3 heteroatoms. The molecule has 1 aliphatic rings. The highest BCUT2D eigenvalue weighted by Gasteiger charge is 2.22. The van der Waals surface area contributed by atoms with Crippen LogP contribution in [0.5, 0.6) is 0 Å². The quantitative estimate of drug-likeness (QED) is 0.750. The molecular formula is C11H15FN2. The zero-order valence-electron chi connectivity index (χ0n) is 8.04.